The van der Waals surface area contributed by atoms with Crippen molar-refractivity contribution in [3.63, 3.8) is 0 Å². The highest BCUT2D eigenvalue weighted by molar-refractivity contribution is 5.77. The lowest BCUT2D eigenvalue weighted by molar-refractivity contribution is -0.938. The first-order valence-electron chi connectivity index (χ1n) is 6.17. The molecule has 0 rings (SSSR count). The van der Waals surface area contributed by atoms with Gasteiger partial charge in [-0.3, -0.25) is 9.59 Å². The van der Waals surface area contributed by atoms with Crippen LogP contribution < -0.4 is 10.6 Å². The predicted molar refractivity (Wildman–Crippen MR) is 71.8 cm³/mol. The number of nitrogens with one attached hydrogen (secondary N) is 2. The molecular weight excluding hydrogens is 232 g/mol. The van der Waals surface area contributed by atoms with Crippen LogP contribution in [0.2, 0.25) is 0 Å². The van der Waals surface area contributed by atoms with E-state index in [1.54, 1.807) is 14.1 Å². The molecule has 0 fully saturated rings. The Morgan fingerprint density at radius 3 is 1.28 bits per heavy atom. The van der Waals surface area contributed by atoms with Gasteiger partial charge in [0, 0.05) is 14.1 Å². The van der Waals surface area contributed by atoms with Gasteiger partial charge < -0.3 is 19.6 Å². The Bertz CT molecular complexity index is 270. The molecule has 0 saturated heterocycles. The van der Waals surface area contributed by atoms with E-state index in [9.17, 15) is 9.59 Å². The number of nitrogens with zero attached hydrogens (tertiary/aromatic N) is 2. The SMILES string of the molecule is CNC(=O)C[N+](C)(C)CC[N+](C)(C)CC(=O)NC. The van der Waals surface area contributed by atoms with E-state index in [2.05, 4.69) is 10.6 Å². The molecule has 0 aromatic heterocycles. The van der Waals surface area contributed by atoms with Crippen molar-refractivity contribution in [2.75, 3.05) is 68.5 Å². The molecule has 0 aliphatic rings. The van der Waals surface area contributed by atoms with Crippen LogP contribution >= 0.6 is 0 Å². The van der Waals surface area contributed by atoms with Gasteiger partial charge in [0.25, 0.3) is 11.8 Å². The molecule has 0 aliphatic carbocycles. The summed E-state index contributed by atoms with van der Waals surface area (Å²) in [4.78, 5) is 22.8. The zero-order chi connectivity index (χ0) is 14.4. The lowest BCUT2D eigenvalue weighted by Crippen LogP contribution is -2.55. The molecule has 0 aliphatic heterocycles. The second-order valence-corrected chi connectivity index (χ2v) is 5.98. The van der Waals surface area contributed by atoms with Crippen molar-refractivity contribution in [3.8, 4) is 0 Å². The maximum atomic E-state index is 11.4. The van der Waals surface area contributed by atoms with Crippen LogP contribution in [0.15, 0.2) is 0 Å². The highest BCUT2D eigenvalue weighted by Gasteiger charge is 2.26. The van der Waals surface area contributed by atoms with Crippen LogP contribution in [0.25, 0.3) is 0 Å². The van der Waals surface area contributed by atoms with Crippen molar-refractivity contribution in [2.45, 2.75) is 0 Å². The average Bonchev–Trinajstić information content (AvgIpc) is 2.25. The molecule has 6 heteroatoms. The fourth-order valence-corrected chi connectivity index (χ4v) is 1.64. The van der Waals surface area contributed by atoms with Crippen molar-refractivity contribution in [3.05, 3.63) is 0 Å². The molecule has 0 aromatic rings. The van der Waals surface area contributed by atoms with Crippen LogP contribution in [0.3, 0.4) is 0 Å². The first-order chi connectivity index (χ1) is 8.12. The van der Waals surface area contributed by atoms with E-state index in [-0.39, 0.29) is 11.8 Å². The van der Waals surface area contributed by atoms with Gasteiger partial charge in [-0.25, -0.2) is 0 Å². The van der Waals surface area contributed by atoms with Gasteiger partial charge in [0.1, 0.15) is 13.1 Å². The van der Waals surface area contributed by atoms with Crippen LogP contribution in [0.5, 0.6) is 0 Å². The monoisotopic (exact) mass is 260 g/mol. The summed E-state index contributed by atoms with van der Waals surface area (Å²) in [6, 6.07) is 0. The van der Waals surface area contributed by atoms with Crippen molar-refractivity contribution >= 4 is 11.8 Å². The van der Waals surface area contributed by atoms with Crippen LogP contribution in [0.4, 0.5) is 0 Å². The maximum absolute atomic E-state index is 11.4. The first-order valence-corrected chi connectivity index (χ1v) is 6.17. The lowest BCUT2D eigenvalue weighted by atomic mass is 10.3. The van der Waals surface area contributed by atoms with Crippen molar-refractivity contribution < 1.29 is 18.6 Å². The Morgan fingerprint density at radius 2 is 1.06 bits per heavy atom. The van der Waals surface area contributed by atoms with Crippen molar-refractivity contribution in [1.82, 2.24) is 10.6 Å². The molecule has 6 nitrogen and oxygen atoms in total. The third kappa shape index (κ3) is 7.24. The number of quaternary nitrogens is 2. The zero-order valence-corrected chi connectivity index (χ0v) is 12.5. The molecule has 2 amide bonds. The van der Waals surface area contributed by atoms with E-state index in [1.807, 2.05) is 28.2 Å². The van der Waals surface area contributed by atoms with E-state index >= 15 is 0 Å². The highest BCUT2D eigenvalue weighted by atomic mass is 16.2. The van der Waals surface area contributed by atoms with Crippen molar-refractivity contribution in [1.29, 1.82) is 0 Å². The van der Waals surface area contributed by atoms with E-state index in [0.717, 1.165) is 13.1 Å². The predicted octanol–water partition coefficient (Wildman–Crippen LogP) is -1.37. The Labute approximate surface area is 110 Å². The Balaban J connectivity index is 4.28. The molecule has 0 radical (unpaired) electrons. The standard InChI is InChI=1S/C12H26N4O2/c1-13-11(17)9-15(3,4)7-8-16(5,6)10-12(18)14-2/h7-10H2,1-6H3/p+2. The molecular formula is C12H28N4O2+2. The Hall–Kier alpha value is -1.14. The zero-order valence-electron chi connectivity index (χ0n) is 12.5. The summed E-state index contributed by atoms with van der Waals surface area (Å²) in [6.45, 7) is 2.60. The third-order valence-corrected chi connectivity index (χ3v) is 3.01. The van der Waals surface area contributed by atoms with E-state index in [1.165, 1.54) is 0 Å². The molecule has 0 atom stereocenters. The summed E-state index contributed by atoms with van der Waals surface area (Å²) in [5, 5.41) is 5.27. The topological polar surface area (TPSA) is 58.2 Å². The normalized spacial score (nSPS) is 12.1. The fourth-order valence-electron chi connectivity index (χ4n) is 1.64. The molecule has 18 heavy (non-hydrogen) atoms. The summed E-state index contributed by atoms with van der Waals surface area (Å²) < 4.78 is 1.24. The van der Waals surface area contributed by atoms with E-state index in [0.29, 0.717) is 22.1 Å². The van der Waals surface area contributed by atoms with Crippen LogP contribution in [0.1, 0.15) is 0 Å². The molecule has 0 spiro atoms. The molecule has 106 valence electrons. The number of hydrogen-bond donors (Lipinski definition) is 2. The number of carbonyl (C=O) groups is 2. The van der Waals surface area contributed by atoms with E-state index < -0.39 is 0 Å². The van der Waals surface area contributed by atoms with Gasteiger partial charge in [0.2, 0.25) is 0 Å². The number of hydrogen-bond acceptors (Lipinski definition) is 2. The van der Waals surface area contributed by atoms with Crippen LogP contribution in [0, 0.1) is 0 Å². The second kappa shape index (κ2) is 6.70. The minimum absolute atomic E-state index is 0.0385. The minimum Gasteiger partial charge on any atom is -0.354 e. The highest BCUT2D eigenvalue weighted by Crippen LogP contribution is 2.02. The molecule has 0 bridgehead atoms. The summed E-state index contributed by atoms with van der Waals surface area (Å²) >= 11 is 0. The maximum Gasteiger partial charge on any atom is 0.275 e. The first kappa shape index (κ1) is 16.9. The Morgan fingerprint density at radius 1 is 0.778 bits per heavy atom. The molecule has 0 unspecified atom stereocenters. The number of rotatable bonds is 7. The number of likely N-dealkylation sites (N-methyl/N-ethyl adjacent to an activating group) is 4. The Kier molecular flexibility index (Phi) is 6.28. The van der Waals surface area contributed by atoms with E-state index in [4.69, 9.17) is 0 Å². The van der Waals surface area contributed by atoms with Crippen molar-refractivity contribution in [2.24, 2.45) is 0 Å². The van der Waals surface area contributed by atoms with Gasteiger partial charge in [-0.05, 0) is 0 Å². The van der Waals surface area contributed by atoms with Crippen LogP contribution in [-0.4, -0.2) is 89.2 Å². The fraction of sp³-hybridized carbons (Fsp3) is 0.833. The largest absolute Gasteiger partial charge is 0.354 e. The van der Waals surface area contributed by atoms with Gasteiger partial charge in [-0.2, -0.15) is 0 Å². The second-order valence-electron chi connectivity index (χ2n) is 5.98. The van der Waals surface area contributed by atoms with Gasteiger partial charge in [-0.15, -0.1) is 0 Å². The summed E-state index contributed by atoms with van der Waals surface area (Å²) in [5.41, 5.74) is 0. The van der Waals surface area contributed by atoms with Gasteiger partial charge in [0.05, 0.1) is 28.2 Å². The third-order valence-electron chi connectivity index (χ3n) is 3.01. The summed E-state index contributed by atoms with van der Waals surface area (Å²) in [5.74, 6) is 0.0771. The van der Waals surface area contributed by atoms with Gasteiger partial charge in [-0.1, -0.05) is 0 Å². The molecule has 2 N–H and O–H groups in total. The molecule has 0 heterocycles. The molecule has 0 aromatic carbocycles. The number of carbonyl (C=O) groups excluding carboxylic acids is 2. The summed E-state index contributed by atoms with van der Waals surface area (Å²) in [6.07, 6.45) is 0. The smallest absolute Gasteiger partial charge is 0.275 e. The van der Waals surface area contributed by atoms with Gasteiger partial charge >= 0.3 is 0 Å². The number of amides is 2. The van der Waals surface area contributed by atoms with Crippen LogP contribution in [-0.2, 0) is 9.59 Å². The quantitative estimate of drug-likeness (QED) is 0.555. The molecule has 0 saturated carbocycles. The summed E-state index contributed by atoms with van der Waals surface area (Å²) in [7, 11) is 11.4. The van der Waals surface area contributed by atoms with Gasteiger partial charge in [0.15, 0.2) is 13.1 Å². The average molecular weight is 260 g/mol. The lowest BCUT2D eigenvalue weighted by Gasteiger charge is -2.34. The minimum atomic E-state index is 0.0385.